The van der Waals surface area contributed by atoms with Crippen LogP contribution in [0.4, 0.5) is 0 Å². The smallest absolute Gasteiger partial charge is 0.243 e. The highest BCUT2D eigenvalue weighted by Crippen LogP contribution is 2.19. The number of carbonyl (C=O) groups is 2. The second kappa shape index (κ2) is 11.7. The number of halogens is 2. The Bertz CT molecular complexity index is 1030. The zero-order valence-electron chi connectivity index (χ0n) is 18.2. The minimum atomic E-state index is -3.91. The Kier molecular flexibility index (Phi) is 9.51. The van der Waals surface area contributed by atoms with E-state index in [0.29, 0.717) is 16.6 Å². The Morgan fingerprint density at radius 1 is 1.00 bits per heavy atom. The third-order valence-corrected chi connectivity index (χ3v) is 7.18. The summed E-state index contributed by atoms with van der Waals surface area (Å²) in [5.41, 5.74) is 0.765. The SMILES string of the molecule is CCCNC(=O)C(C)N(Cc1ccc(Cl)cc1)C(=O)CN(C)S(=O)(=O)c1ccc(Cl)cc1. The molecular weight excluding hydrogens is 473 g/mol. The first-order chi connectivity index (χ1) is 15.1. The molecule has 2 rings (SSSR count). The van der Waals surface area contributed by atoms with Gasteiger partial charge in [0.1, 0.15) is 6.04 Å². The van der Waals surface area contributed by atoms with E-state index in [0.717, 1.165) is 16.3 Å². The zero-order valence-corrected chi connectivity index (χ0v) is 20.5. The van der Waals surface area contributed by atoms with Gasteiger partial charge < -0.3 is 10.2 Å². The average molecular weight is 500 g/mol. The number of nitrogens with one attached hydrogen (secondary N) is 1. The summed E-state index contributed by atoms with van der Waals surface area (Å²) in [6, 6.07) is 11.8. The Hall–Kier alpha value is -2.13. The van der Waals surface area contributed by atoms with E-state index < -0.39 is 28.5 Å². The van der Waals surface area contributed by atoms with Gasteiger partial charge in [0.2, 0.25) is 21.8 Å². The number of sulfonamides is 1. The summed E-state index contributed by atoms with van der Waals surface area (Å²) >= 11 is 11.8. The molecular formula is C22H27Cl2N3O4S. The van der Waals surface area contributed by atoms with Gasteiger partial charge in [-0.05, 0) is 55.3 Å². The summed E-state index contributed by atoms with van der Waals surface area (Å²) in [7, 11) is -2.59. The molecule has 7 nitrogen and oxygen atoms in total. The Labute approximate surface area is 199 Å². The number of hydrogen-bond donors (Lipinski definition) is 1. The van der Waals surface area contributed by atoms with Gasteiger partial charge in [-0.25, -0.2) is 8.42 Å². The van der Waals surface area contributed by atoms with Crippen molar-refractivity contribution in [3.8, 4) is 0 Å². The monoisotopic (exact) mass is 499 g/mol. The first-order valence-electron chi connectivity index (χ1n) is 10.1. The fourth-order valence-electron chi connectivity index (χ4n) is 2.92. The number of benzene rings is 2. The summed E-state index contributed by atoms with van der Waals surface area (Å²) in [6.07, 6.45) is 0.756. The number of amides is 2. The molecule has 0 saturated carbocycles. The molecule has 0 heterocycles. The van der Waals surface area contributed by atoms with Gasteiger partial charge in [0.25, 0.3) is 0 Å². The Morgan fingerprint density at radius 2 is 1.53 bits per heavy atom. The van der Waals surface area contributed by atoms with Crippen LogP contribution in [0.15, 0.2) is 53.4 Å². The molecule has 0 aliphatic carbocycles. The molecule has 174 valence electrons. The van der Waals surface area contributed by atoms with Crippen molar-refractivity contribution < 1.29 is 18.0 Å². The van der Waals surface area contributed by atoms with Crippen LogP contribution < -0.4 is 5.32 Å². The van der Waals surface area contributed by atoms with Crippen molar-refractivity contribution >= 4 is 45.0 Å². The number of nitrogens with zero attached hydrogens (tertiary/aromatic N) is 2. The quantitative estimate of drug-likeness (QED) is 0.541. The summed E-state index contributed by atoms with van der Waals surface area (Å²) in [6.45, 7) is 3.73. The summed E-state index contributed by atoms with van der Waals surface area (Å²) < 4.78 is 26.7. The molecule has 2 aromatic carbocycles. The second-order valence-corrected chi connectivity index (χ2v) is 10.2. The molecule has 0 aliphatic rings. The highest BCUT2D eigenvalue weighted by molar-refractivity contribution is 7.89. The van der Waals surface area contributed by atoms with Crippen molar-refractivity contribution in [2.45, 2.75) is 37.8 Å². The van der Waals surface area contributed by atoms with E-state index in [1.165, 1.54) is 36.2 Å². The first kappa shape index (κ1) is 26.1. The lowest BCUT2D eigenvalue weighted by Crippen LogP contribution is -2.50. The van der Waals surface area contributed by atoms with Gasteiger partial charge in [0, 0.05) is 30.2 Å². The Balaban J connectivity index is 2.24. The first-order valence-corrected chi connectivity index (χ1v) is 12.3. The molecule has 0 bridgehead atoms. The third kappa shape index (κ3) is 6.93. The van der Waals surface area contributed by atoms with Crippen LogP contribution in [0.1, 0.15) is 25.8 Å². The molecule has 2 amide bonds. The van der Waals surface area contributed by atoms with Gasteiger partial charge in [-0.3, -0.25) is 9.59 Å². The van der Waals surface area contributed by atoms with Gasteiger partial charge in [0.05, 0.1) is 11.4 Å². The number of carbonyl (C=O) groups excluding carboxylic acids is 2. The fourth-order valence-corrected chi connectivity index (χ4v) is 4.29. The lowest BCUT2D eigenvalue weighted by atomic mass is 10.1. The minimum absolute atomic E-state index is 0.0233. The third-order valence-electron chi connectivity index (χ3n) is 4.86. The summed E-state index contributed by atoms with van der Waals surface area (Å²) in [5, 5.41) is 3.74. The second-order valence-electron chi connectivity index (χ2n) is 7.33. The lowest BCUT2D eigenvalue weighted by Gasteiger charge is -2.30. The molecule has 0 aliphatic heterocycles. The molecule has 0 spiro atoms. The maximum atomic E-state index is 13.2. The molecule has 2 aromatic rings. The van der Waals surface area contributed by atoms with E-state index in [4.69, 9.17) is 23.2 Å². The molecule has 0 saturated heterocycles. The Morgan fingerprint density at radius 3 is 2.06 bits per heavy atom. The number of rotatable bonds is 10. The van der Waals surface area contributed by atoms with Crippen molar-refractivity contribution in [3.63, 3.8) is 0 Å². The van der Waals surface area contributed by atoms with Crippen molar-refractivity contribution in [3.05, 3.63) is 64.1 Å². The topological polar surface area (TPSA) is 86.8 Å². The molecule has 32 heavy (non-hydrogen) atoms. The molecule has 0 aromatic heterocycles. The van der Waals surface area contributed by atoms with Crippen molar-refractivity contribution in [1.82, 2.24) is 14.5 Å². The van der Waals surface area contributed by atoms with Crippen LogP contribution in [-0.4, -0.2) is 55.6 Å². The number of hydrogen-bond acceptors (Lipinski definition) is 4. The fraction of sp³-hybridized carbons (Fsp3) is 0.364. The van der Waals surface area contributed by atoms with Gasteiger partial charge in [0.15, 0.2) is 0 Å². The predicted molar refractivity (Wildman–Crippen MR) is 126 cm³/mol. The van der Waals surface area contributed by atoms with E-state index >= 15 is 0 Å². The average Bonchev–Trinajstić information content (AvgIpc) is 2.76. The van der Waals surface area contributed by atoms with Crippen LogP contribution in [0.25, 0.3) is 0 Å². The van der Waals surface area contributed by atoms with E-state index in [-0.39, 0.29) is 17.3 Å². The normalized spacial score (nSPS) is 12.4. The molecule has 0 radical (unpaired) electrons. The largest absolute Gasteiger partial charge is 0.354 e. The van der Waals surface area contributed by atoms with E-state index in [2.05, 4.69) is 5.32 Å². The predicted octanol–water partition coefficient (Wildman–Crippen LogP) is 3.56. The van der Waals surface area contributed by atoms with E-state index in [1.54, 1.807) is 31.2 Å². The van der Waals surface area contributed by atoms with Gasteiger partial charge >= 0.3 is 0 Å². The van der Waals surface area contributed by atoms with Crippen LogP contribution >= 0.6 is 23.2 Å². The summed E-state index contributed by atoms with van der Waals surface area (Å²) in [4.78, 5) is 27.1. The van der Waals surface area contributed by atoms with Crippen molar-refractivity contribution in [1.29, 1.82) is 0 Å². The number of likely N-dealkylation sites (N-methyl/N-ethyl adjacent to an activating group) is 1. The van der Waals surface area contributed by atoms with Crippen LogP contribution in [-0.2, 0) is 26.2 Å². The zero-order chi connectivity index (χ0) is 23.9. The summed E-state index contributed by atoms with van der Waals surface area (Å²) in [5.74, 6) is -0.809. The van der Waals surface area contributed by atoms with Crippen LogP contribution in [0.2, 0.25) is 10.0 Å². The maximum absolute atomic E-state index is 13.2. The van der Waals surface area contributed by atoms with Gasteiger partial charge in [-0.2, -0.15) is 4.31 Å². The molecule has 1 unspecified atom stereocenters. The van der Waals surface area contributed by atoms with Crippen LogP contribution in [0.5, 0.6) is 0 Å². The molecule has 1 N–H and O–H groups in total. The van der Waals surface area contributed by atoms with Crippen molar-refractivity contribution in [2.75, 3.05) is 20.1 Å². The molecule has 1 atom stereocenters. The molecule has 10 heteroatoms. The van der Waals surface area contributed by atoms with Crippen LogP contribution in [0.3, 0.4) is 0 Å². The minimum Gasteiger partial charge on any atom is -0.354 e. The lowest BCUT2D eigenvalue weighted by molar-refractivity contribution is -0.140. The van der Waals surface area contributed by atoms with Gasteiger partial charge in [-0.15, -0.1) is 0 Å². The van der Waals surface area contributed by atoms with Crippen LogP contribution in [0, 0.1) is 0 Å². The van der Waals surface area contributed by atoms with Gasteiger partial charge in [-0.1, -0.05) is 42.3 Å². The van der Waals surface area contributed by atoms with Crippen molar-refractivity contribution in [2.24, 2.45) is 0 Å². The van der Waals surface area contributed by atoms with E-state index in [9.17, 15) is 18.0 Å². The maximum Gasteiger partial charge on any atom is 0.243 e. The standard InChI is InChI=1S/C22H27Cl2N3O4S/c1-4-13-25-22(29)16(2)27(14-17-5-7-18(23)8-6-17)21(28)15-26(3)32(30,31)20-11-9-19(24)10-12-20/h5-12,16H,4,13-15H2,1-3H3,(H,25,29). The molecule has 0 fully saturated rings. The van der Waals surface area contributed by atoms with E-state index in [1.807, 2.05) is 6.92 Å². The highest BCUT2D eigenvalue weighted by atomic mass is 35.5. The highest BCUT2D eigenvalue weighted by Gasteiger charge is 2.30.